The van der Waals surface area contributed by atoms with Crippen molar-refractivity contribution in [2.45, 2.75) is 39.2 Å². The van der Waals surface area contributed by atoms with Gasteiger partial charge in [-0.2, -0.15) is 0 Å². The highest BCUT2D eigenvalue weighted by Crippen LogP contribution is 2.15. The number of benzene rings is 2. The Balaban J connectivity index is 1.97. The average Bonchev–Trinajstić information content (AvgIpc) is 2.45. The molecule has 21 heavy (non-hydrogen) atoms. The van der Waals surface area contributed by atoms with Gasteiger partial charge in [0.1, 0.15) is 5.82 Å². The van der Waals surface area contributed by atoms with Crippen LogP contribution >= 0.6 is 0 Å². The van der Waals surface area contributed by atoms with Gasteiger partial charge in [0.2, 0.25) is 0 Å². The number of nitrogens with two attached hydrogens (primary N) is 1. The van der Waals surface area contributed by atoms with Gasteiger partial charge >= 0.3 is 0 Å². The molecular weight excluding hydrogens is 263 g/mol. The van der Waals surface area contributed by atoms with E-state index in [1.54, 1.807) is 6.07 Å². The van der Waals surface area contributed by atoms with E-state index >= 15 is 0 Å². The summed E-state index contributed by atoms with van der Waals surface area (Å²) in [5, 5.41) is 0. The minimum atomic E-state index is -0.187. The summed E-state index contributed by atoms with van der Waals surface area (Å²) in [5.74, 6) is 5.48. The Bertz CT molecular complexity index is 596. The van der Waals surface area contributed by atoms with Crippen LogP contribution in [0, 0.1) is 19.7 Å². The predicted octanol–water partition coefficient (Wildman–Crippen LogP) is 3.45. The Morgan fingerprint density at radius 1 is 1.14 bits per heavy atom. The van der Waals surface area contributed by atoms with Crippen molar-refractivity contribution in [3.8, 4) is 0 Å². The quantitative estimate of drug-likeness (QED) is 0.630. The zero-order valence-electron chi connectivity index (χ0n) is 12.7. The summed E-state index contributed by atoms with van der Waals surface area (Å²) in [6.45, 7) is 4.04. The van der Waals surface area contributed by atoms with Gasteiger partial charge in [0.15, 0.2) is 0 Å². The minimum absolute atomic E-state index is 0.187. The third-order valence-corrected chi connectivity index (χ3v) is 3.87. The fourth-order valence-electron chi connectivity index (χ4n) is 2.61. The number of rotatable bonds is 6. The first-order valence-corrected chi connectivity index (χ1v) is 7.35. The lowest BCUT2D eigenvalue weighted by atomic mass is 9.96. The first-order chi connectivity index (χ1) is 10.1. The summed E-state index contributed by atoms with van der Waals surface area (Å²) >= 11 is 0. The molecule has 112 valence electrons. The second-order valence-corrected chi connectivity index (χ2v) is 5.67. The van der Waals surface area contributed by atoms with Crippen LogP contribution in [0.1, 0.15) is 28.7 Å². The SMILES string of the molecule is Cc1cccc(CCC(Cc2ccc(F)cc2C)NN)c1. The molecule has 2 aromatic rings. The second kappa shape index (κ2) is 7.34. The number of nitrogens with one attached hydrogen (secondary N) is 1. The maximum Gasteiger partial charge on any atom is 0.123 e. The number of hydrazine groups is 1. The lowest BCUT2D eigenvalue weighted by molar-refractivity contribution is 0.490. The molecule has 0 saturated heterocycles. The molecule has 0 aromatic heterocycles. The van der Waals surface area contributed by atoms with Crippen molar-refractivity contribution in [1.82, 2.24) is 5.43 Å². The van der Waals surface area contributed by atoms with Gasteiger partial charge < -0.3 is 0 Å². The summed E-state index contributed by atoms with van der Waals surface area (Å²) in [7, 11) is 0. The van der Waals surface area contributed by atoms with Crippen molar-refractivity contribution in [1.29, 1.82) is 0 Å². The fourth-order valence-corrected chi connectivity index (χ4v) is 2.61. The first kappa shape index (κ1) is 15.7. The Hall–Kier alpha value is -1.71. The van der Waals surface area contributed by atoms with Crippen molar-refractivity contribution in [2.24, 2.45) is 5.84 Å². The minimum Gasteiger partial charge on any atom is -0.271 e. The average molecular weight is 286 g/mol. The van der Waals surface area contributed by atoms with Gasteiger partial charge in [-0.05, 0) is 61.9 Å². The van der Waals surface area contributed by atoms with Crippen LogP contribution in [0.4, 0.5) is 4.39 Å². The van der Waals surface area contributed by atoms with Crippen molar-refractivity contribution < 1.29 is 4.39 Å². The molecule has 2 aromatic carbocycles. The lowest BCUT2D eigenvalue weighted by Crippen LogP contribution is -2.37. The molecule has 0 heterocycles. The highest BCUT2D eigenvalue weighted by atomic mass is 19.1. The van der Waals surface area contributed by atoms with Crippen LogP contribution in [-0.2, 0) is 12.8 Å². The molecule has 3 N–H and O–H groups in total. The van der Waals surface area contributed by atoms with Crippen molar-refractivity contribution >= 4 is 0 Å². The molecule has 0 aliphatic rings. The Labute approximate surface area is 126 Å². The summed E-state index contributed by atoms with van der Waals surface area (Å²) < 4.78 is 13.1. The molecule has 2 rings (SSSR count). The highest BCUT2D eigenvalue weighted by Gasteiger charge is 2.10. The van der Waals surface area contributed by atoms with Crippen LogP contribution in [0.3, 0.4) is 0 Å². The van der Waals surface area contributed by atoms with Gasteiger partial charge in [-0.25, -0.2) is 4.39 Å². The maximum atomic E-state index is 13.1. The third-order valence-electron chi connectivity index (χ3n) is 3.87. The smallest absolute Gasteiger partial charge is 0.123 e. The molecule has 0 amide bonds. The van der Waals surface area contributed by atoms with E-state index < -0.39 is 0 Å². The zero-order valence-corrected chi connectivity index (χ0v) is 12.7. The third kappa shape index (κ3) is 4.66. The molecule has 2 nitrogen and oxygen atoms in total. The Kier molecular flexibility index (Phi) is 5.48. The van der Waals surface area contributed by atoms with E-state index in [4.69, 9.17) is 5.84 Å². The van der Waals surface area contributed by atoms with Crippen LogP contribution in [0.2, 0.25) is 0 Å². The molecular formula is C18H23FN2. The topological polar surface area (TPSA) is 38.0 Å². The predicted molar refractivity (Wildman–Crippen MR) is 85.5 cm³/mol. The first-order valence-electron chi connectivity index (χ1n) is 7.35. The van der Waals surface area contributed by atoms with Gasteiger partial charge in [0, 0.05) is 6.04 Å². The highest BCUT2D eigenvalue weighted by molar-refractivity contribution is 5.27. The molecule has 1 atom stereocenters. The van der Waals surface area contributed by atoms with E-state index in [9.17, 15) is 4.39 Å². The van der Waals surface area contributed by atoms with Crippen LogP contribution in [0.15, 0.2) is 42.5 Å². The fraction of sp³-hybridized carbons (Fsp3) is 0.333. The molecule has 0 bridgehead atoms. The van der Waals surface area contributed by atoms with Gasteiger partial charge in [-0.3, -0.25) is 11.3 Å². The second-order valence-electron chi connectivity index (χ2n) is 5.67. The molecule has 0 aliphatic carbocycles. The lowest BCUT2D eigenvalue weighted by Gasteiger charge is -2.17. The molecule has 0 fully saturated rings. The van der Waals surface area contributed by atoms with E-state index in [0.717, 1.165) is 30.4 Å². The van der Waals surface area contributed by atoms with Crippen LogP contribution in [0.5, 0.6) is 0 Å². The van der Waals surface area contributed by atoms with Crippen LogP contribution in [0.25, 0.3) is 0 Å². The molecule has 0 spiro atoms. The van der Waals surface area contributed by atoms with Crippen molar-refractivity contribution in [3.05, 3.63) is 70.5 Å². The molecule has 3 heteroatoms. The Morgan fingerprint density at radius 2 is 1.95 bits per heavy atom. The van der Waals surface area contributed by atoms with E-state index in [1.807, 2.05) is 13.0 Å². The molecule has 0 aliphatic heterocycles. The van der Waals surface area contributed by atoms with Gasteiger partial charge in [0.05, 0.1) is 0 Å². The van der Waals surface area contributed by atoms with E-state index in [2.05, 4.69) is 36.6 Å². The molecule has 0 saturated carbocycles. The summed E-state index contributed by atoms with van der Waals surface area (Å²) in [4.78, 5) is 0. The normalized spacial score (nSPS) is 12.4. The van der Waals surface area contributed by atoms with E-state index in [1.165, 1.54) is 17.2 Å². The van der Waals surface area contributed by atoms with Crippen LogP contribution in [-0.4, -0.2) is 6.04 Å². The van der Waals surface area contributed by atoms with Crippen molar-refractivity contribution in [3.63, 3.8) is 0 Å². The summed E-state index contributed by atoms with van der Waals surface area (Å²) in [5.41, 5.74) is 7.61. The van der Waals surface area contributed by atoms with E-state index in [0.29, 0.717) is 0 Å². The van der Waals surface area contributed by atoms with Gasteiger partial charge in [-0.15, -0.1) is 0 Å². The number of aryl methyl sites for hydroxylation is 3. The number of hydrogen-bond donors (Lipinski definition) is 2. The maximum absolute atomic E-state index is 13.1. The van der Waals surface area contributed by atoms with E-state index in [-0.39, 0.29) is 11.9 Å². The zero-order chi connectivity index (χ0) is 15.2. The monoisotopic (exact) mass is 286 g/mol. The number of halogens is 1. The Morgan fingerprint density at radius 3 is 2.62 bits per heavy atom. The van der Waals surface area contributed by atoms with Gasteiger partial charge in [-0.1, -0.05) is 35.9 Å². The summed E-state index contributed by atoms with van der Waals surface area (Å²) in [6.07, 6.45) is 2.75. The molecule has 1 unspecified atom stereocenters. The molecule has 0 radical (unpaired) electrons. The largest absolute Gasteiger partial charge is 0.271 e. The summed E-state index contributed by atoms with van der Waals surface area (Å²) in [6, 6.07) is 13.7. The van der Waals surface area contributed by atoms with Crippen LogP contribution < -0.4 is 11.3 Å². The number of hydrogen-bond acceptors (Lipinski definition) is 2. The van der Waals surface area contributed by atoms with Gasteiger partial charge in [0.25, 0.3) is 0 Å². The standard InChI is InChI=1S/C18H23FN2/c1-13-4-3-5-15(10-13)6-9-18(21-20)12-16-7-8-17(19)11-14(16)2/h3-5,7-8,10-11,18,21H,6,9,12,20H2,1-2H3. The van der Waals surface area contributed by atoms with Crippen molar-refractivity contribution in [2.75, 3.05) is 0 Å².